The lowest BCUT2D eigenvalue weighted by Gasteiger charge is -2.15. The summed E-state index contributed by atoms with van der Waals surface area (Å²) in [5.41, 5.74) is 3.26. The van der Waals surface area contributed by atoms with Crippen LogP contribution in [0.15, 0.2) is 34.9 Å². The van der Waals surface area contributed by atoms with Crippen molar-refractivity contribution in [3.8, 4) is 5.75 Å². The Morgan fingerprint density at radius 3 is 2.62 bits per heavy atom. The second kappa shape index (κ2) is 6.48. The lowest BCUT2D eigenvalue weighted by molar-refractivity contribution is -0.123. The number of benzene rings is 1. The number of carbonyl (C=O) groups excluding carboxylic acids is 1. The van der Waals surface area contributed by atoms with E-state index in [1.54, 1.807) is 12.3 Å². The average Bonchev–Trinajstić information content (AvgIpc) is 2.97. The first-order valence-corrected chi connectivity index (χ1v) is 7.01. The smallest absolute Gasteiger partial charge is 0.258 e. The van der Waals surface area contributed by atoms with Crippen LogP contribution in [0.2, 0.25) is 0 Å². The predicted molar refractivity (Wildman–Crippen MR) is 81.4 cm³/mol. The average molecular weight is 287 g/mol. The Kier molecular flexibility index (Phi) is 4.68. The SMILES string of the molecule is Cc1ccc(C)c(OCC(=O)NC(C)c2ccco2)c1C. The molecular weight excluding hydrogens is 266 g/mol. The van der Waals surface area contributed by atoms with Crippen LogP contribution >= 0.6 is 0 Å². The Balaban J connectivity index is 1.94. The fourth-order valence-corrected chi connectivity index (χ4v) is 2.18. The van der Waals surface area contributed by atoms with E-state index in [0.29, 0.717) is 0 Å². The molecule has 0 spiro atoms. The number of aryl methyl sites for hydroxylation is 2. The van der Waals surface area contributed by atoms with Crippen molar-refractivity contribution in [1.29, 1.82) is 0 Å². The molecule has 2 rings (SSSR count). The summed E-state index contributed by atoms with van der Waals surface area (Å²) in [7, 11) is 0. The summed E-state index contributed by atoms with van der Waals surface area (Å²) in [6.45, 7) is 7.88. The van der Waals surface area contributed by atoms with Crippen LogP contribution in [0.4, 0.5) is 0 Å². The van der Waals surface area contributed by atoms with Gasteiger partial charge in [-0.2, -0.15) is 0 Å². The van der Waals surface area contributed by atoms with Gasteiger partial charge in [-0.25, -0.2) is 0 Å². The van der Waals surface area contributed by atoms with Gasteiger partial charge in [0.15, 0.2) is 6.61 Å². The summed E-state index contributed by atoms with van der Waals surface area (Å²) < 4.78 is 10.9. The van der Waals surface area contributed by atoms with E-state index >= 15 is 0 Å². The molecule has 1 atom stereocenters. The molecule has 1 amide bonds. The molecule has 0 bridgehead atoms. The van der Waals surface area contributed by atoms with Crippen molar-refractivity contribution in [2.45, 2.75) is 33.7 Å². The molecule has 1 aromatic carbocycles. The van der Waals surface area contributed by atoms with Crippen LogP contribution < -0.4 is 10.1 Å². The van der Waals surface area contributed by atoms with Gasteiger partial charge in [-0.05, 0) is 56.5 Å². The topological polar surface area (TPSA) is 51.5 Å². The zero-order valence-electron chi connectivity index (χ0n) is 12.9. The van der Waals surface area contributed by atoms with E-state index in [4.69, 9.17) is 9.15 Å². The van der Waals surface area contributed by atoms with Gasteiger partial charge in [0.05, 0.1) is 12.3 Å². The van der Waals surface area contributed by atoms with Gasteiger partial charge in [0.25, 0.3) is 5.91 Å². The number of amides is 1. The van der Waals surface area contributed by atoms with Crippen LogP contribution in [-0.2, 0) is 4.79 Å². The summed E-state index contributed by atoms with van der Waals surface area (Å²) in [4.78, 5) is 12.0. The molecule has 0 fully saturated rings. The maximum absolute atomic E-state index is 12.0. The highest BCUT2D eigenvalue weighted by Crippen LogP contribution is 2.25. The molecule has 21 heavy (non-hydrogen) atoms. The van der Waals surface area contributed by atoms with Crippen molar-refractivity contribution in [2.24, 2.45) is 0 Å². The molecule has 0 aliphatic rings. The number of nitrogens with one attached hydrogen (secondary N) is 1. The maximum atomic E-state index is 12.0. The third kappa shape index (κ3) is 3.66. The molecule has 1 heterocycles. The molecule has 1 aromatic heterocycles. The minimum atomic E-state index is -0.171. The van der Waals surface area contributed by atoms with Gasteiger partial charge in [-0.15, -0.1) is 0 Å². The van der Waals surface area contributed by atoms with E-state index in [-0.39, 0.29) is 18.6 Å². The van der Waals surface area contributed by atoms with Gasteiger partial charge in [-0.1, -0.05) is 12.1 Å². The first kappa shape index (κ1) is 15.2. The second-order valence-electron chi connectivity index (χ2n) is 5.25. The van der Waals surface area contributed by atoms with Crippen molar-refractivity contribution >= 4 is 5.91 Å². The van der Waals surface area contributed by atoms with Crippen LogP contribution in [0.1, 0.15) is 35.4 Å². The molecule has 0 aliphatic carbocycles. The molecule has 0 saturated heterocycles. The summed E-state index contributed by atoms with van der Waals surface area (Å²) in [6, 6.07) is 7.52. The van der Waals surface area contributed by atoms with Crippen molar-refractivity contribution in [3.63, 3.8) is 0 Å². The highest BCUT2D eigenvalue weighted by atomic mass is 16.5. The largest absolute Gasteiger partial charge is 0.483 e. The highest BCUT2D eigenvalue weighted by molar-refractivity contribution is 5.78. The summed E-state index contributed by atoms with van der Waals surface area (Å²) >= 11 is 0. The van der Waals surface area contributed by atoms with Crippen LogP contribution in [0.25, 0.3) is 0 Å². The quantitative estimate of drug-likeness (QED) is 0.916. The van der Waals surface area contributed by atoms with E-state index in [9.17, 15) is 4.79 Å². The highest BCUT2D eigenvalue weighted by Gasteiger charge is 2.13. The molecule has 112 valence electrons. The number of ether oxygens (including phenoxy) is 1. The fourth-order valence-electron chi connectivity index (χ4n) is 2.18. The van der Waals surface area contributed by atoms with Gasteiger partial charge in [-0.3, -0.25) is 4.79 Å². The fraction of sp³-hybridized carbons (Fsp3) is 0.353. The normalized spacial score (nSPS) is 12.0. The number of hydrogen-bond acceptors (Lipinski definition) is 3. The van der Waals surface area contributed by atoms with E-state index < -0.39 is 0 Å². The molecule has 4 nitrogen and oxygen atoms in total. The van der Waals surface area contributed by atoms with Crippen LogP contribution in [0.3, 0.4) is 0 Å². The number of hydrogen-bond donors (Lipinski definition) is 1. The third-order valence-electron chi connectivity index (χ3n) is 3.57. The Morgan fingerprint density at radius 2 is 1.95 bits per heavy atom. The zero-order valence-corrected chi connectivity index (χ0v) is 12.9. The van der Waals surface area contributed by atoms with Crippen molar-refractivity contribution < 1.29 is 13.9 Å². The zero-order chi connectivity index (χ0) is 15.4. The first-order chi connectivity index (χ1) is 9.99. The van der Waals surface area contributed by atoms with Crippen molar-refractivity contribution in [1.82, 2.24) is 5.32 Å². The third-order valence-corrected chi connectivity index (χ3v) is 3.57. The number of furan rings is 1. The number of rotatable bonds is 5. The molecule has 4 heteroatoms. The molecular formula is C17H21NO3. The predicted octanol–water partition coefficient (Wildman–Crippen LogP) is 3.46. The first-order valence-electron chi connectivity index (χ1n) is 7.01. The lowest BCUT2D eigenvalue weighted by atomic mass is 10.1. The maximum Gasteiger partial charge on any atom is 0.258 e. The van der Waals surface area contributed by atoms with Gasteiger partial charge >= 0.3 is 0 Å². The molecule has 0 aliphatic heterocycles. The summed E-state index contributed by atoms with van der Waals surface area (Å²) in [5.74, 6) is 1.35. The van der Waals surface area contributed by atoms with Crippen LogP contribution in [0.5, 0.6) is 5.75 Å². The van der Waals surface area contributed by atoms with Crippen LogP contribution in [-0.4, -0.2) is 12.5 Å². The second-order valence-corrected chi connectivity index (χ2v) is 5.25. The van der Waals surface area contributed by atoms with E-state index in [2.05, 4.69) is 11.4 Å². The molecule has 0 radical (unpaired) electrons. The molecule has 1 N–H and O–H groups in total. The standard InChI is InChI=1S/C17H21NO3/c1-11-7-8-12(2)17(13(11)3)21-10-16(19)18-14(4)15-6-5-9-20-15/h5-9,14H,10H2,1-4H3,(H,18,19). The van der Waals surface area contributed by atoms with E-state index in [1.165, 1.54) is 0 Å². The Labute approximate surface area is 125 Å². The van der Waals surface area contributed by atoms with E-state index in [0.717, 1.165) is 28.2 Å². The number of carbonyl (C=O) groups is 1. The Bertz CT molecular complexity index is 617. The van der Waals surface area contributed by atoms with Gasteiger partial charge in [0.1, 0.15) is 11.5 Å². The van der Waals surface area contributed by atoms with Crippen molar-refractivity contribution in [2.75, 3.05) is 6.61 Å². The van der Waals surface area contributed by atoms with Gasteiger partial charge in [0.2, 0.25) is 0 Å². The Hall–Kier alpha value is -2.23. The van der Waals surface area contributed by atoms with E-state index in [1.807, 2.05) is 39.8 Å². The lowest BCUT2D eigenvalue weighted by Crippen LogP contribution is -2.31. The molecule has 2 aromatic rings. The van der Waals surface area contributed by atoms with Crippen molar-refractivity contribution in [3.05, 3.63) is 53.0 Å². The minimum Gasteiger partial charge on any atom is -0.483 e. The van der Waals surface area contributed by atoms with Crippen LogP contribution in [0, 0.1) is 20.8 Å². The monoisotopic (exact) mass is 287 g/mol. The molecule has 0 saturated carbocycles. The minimum absolute atomic E-state index is 0.00379. The summed E-state index contributed by atoms with van der Waals surface area (Å²) in [6.07, 6.45) is 1.59. The molecule has 1 unspecified atom stereocenters. The summed E-state index contributed by atoms with van der Waals surface area (Å²) in [5, 5.41) is 2.85. The van der Waals surface area contributed by atoms with Gasteiger partial charge in [0, 0.05) is 0 Å². The Morgan fingerprint density at radius 1 is 1.24 bits per heavy atom. The van der Waals surface area contributed by atoms with Gasteiger partial charge < -0.3 is 14.5 Å².